The molecule has 21 heavy (non-hydrogen) atoms. The third-order valence-electron chi connectivity index (χ3n) is 3.41. The van der Waals surface area contributed by atoms with Crippen molar-refractivity contribution in [3.63, 3.8) is 0 Å². The molecule has 0 aliphatic rings. The highest BCUT2D eigenvalue weighted by Crippen LogP contribution is 2.32. The Hall–Kier alpha value is -2.00. The summed E-state index contributed by atoms with van der Waals surface area (Å²) in [7, 11) is 3.11. The number of halogens is 1. The highest BCUT2D eigenvalue weighted by Gasteiger charge is 2.18. The number of methoxy groups -OCH3 is 2. The third kappa shape index (κ3) is 2.88. The van der Waals surface area contributed by atoms with E-state index in [0.717, 1.165) is 11.1 Å². The van der Waals surface area contributed by atoms with Crippen LogP contribution in [-0.2, 0) is 0 Å². The van der Waals surface area contributed by atoms with Gasteiger partial charge in [0.25, 0.3) is 0 Å². The maximum absolute atomic E-state index is 12.7. The zero-order valence-corrected chi connectivity index (χ0v) is 13.2. The molecule has 0 aromatic heterocycles. The Balaban J connectivity index is 2.56. The summed E-state index contributed by atoms with van der Waals surface area (Å²) in [6.07, 6.45) is 0. The van der Waals surface area contributed by atoms with Crippen molar-refractivity contribution >= 4 is 17.4 Å². The number of ketones is 1. The van der Waals surface area contributed by atoms with Crippen molar-refractivity contribution in [2.24, 2.45) is 0 Å². The van der Waals surface area contributed by atoms with Crippen LogP contribution < -0.4 is 9.47 Å². The number of aryl methyl sites for hydroxylation is 2. The van der Waals surface area contributed by atoms with E-state index in [1.165, 1.54) is 0 Å². The van der Waals surface area contributed by atoms with Gasteiger partial charge in [-0.1, -0.05) is 23.7 Å². The summed E-state index contributed by atoms with van der Waals surface area (Å²) in [5.74, 6) is 0.999. The molecule has 0 spiro atoms. The Morgan fingerprint density at radius 3 is 2.19 bits per heavy atom. The van der Waals surface area contributed by atoms with E-state index in [9.17, 15) is 4.79 Å². The van der Waals surface area contributed by atoms with Gasteiger partial charge in [0.1, 0.15) is 0 Å². The SMILES string of the molecule is COc1cc(C)c(C(=O)c2cccc(C)c2Cl)cc1OC. The molecule has 0 atom stereocenters. The summed E-state index contributed by atoms with van der Waals surface area (Å²) in [5.41, 5.74) is 2.74. The molecule has 0 amide bonds. The van der Waals surface area contributed by atoms with E-state index >= 15 is 0 Å². The third-order valence-corrected chi connectivity index (χ3v) is 3.91. The second kappa shape index (κ2) is 6.19. The fourth-order valence-electron chi connectivity index (χ4n) is 2.19. The second-order valence-corrected chi connectivity index (χ2v) is 5.17. The molecule has 0 unspecified atom stereocenters. The molecule has 3 nitrogen and oxygen atoms in total. The van der Waals surface area contributed by atoms with Gasteiger partial charge < -0.3 is 9.47 Å². The van der Waals surface area contributed by atoms with Gasteiger partial charge in [-0.05, 0) is 43.2 Å². The van der Waals surface area contributed by atoms with E-state index in [1.54, 1.807) is 32.4 Å². The average Bonchev–Trinajstić information content (AvgIpc) is 2.49. The van der Waals surface area contributed by atoms with Crippen molar-refractivity contribution < 1.29 is 14.3 Å². The monoisotopic (exact) mass is 304 g/mol. The predicted octanol–water partition coefficient (Wildman–Crippen LogP) is 4.21. The van der Waals surface area contributed by atoms with Gasteiger partial charge in [-0.3, -0.25) is 4.79 Å². The van der Waals surface area contributed by atoms with Crippen LogP contribution in [0.2, 0.25) is 5.02 Å². The Kier molecular flexibility index (Phi) is 4.53. The van der Waals surface area contributed by atoms with E-state index < -0.39 is 0 Å². The van der Waals surface area contributed by atoms with Gasteiger partial charge in [0, 0.05) is 11.1 Å². The topological polar surface area (TPSA) is 35.5 Å². The lowest BCUT2D eigenvalue weighted by molar-refractivity contribution is 0.103. The average molecular weight is 305 g/mol. The van der Waals surface area contributed by atoms with Crippen LogP contribution in [0, 0.1) is 13.8 Å². The number of rotatable bonds is 4. The summed E-state index contributed by atoms with van der Waals surface area (Å²) in [4.78, 5) is 12.7. The van der Waals surface area contributed by atoms with E-state index in [1.807, 2.05) is 26.0 Å². The minimum Gasteiger partial charge on any atom is -0.493 e. The number of ether oxygens (including phenoxy) is 2. The van der Waals surface area contributed by atoms with Gasteiger partial charge in [0.2, 0.25) is 0 Å². The minimum absolute atomic E-state index is 0.123. The largest absolute Gasteiger partial charge is 0.493 e. The van der Waals surface area contributed by atoms with Crippen LogP contribution in [0.4, 0.5) is 0 Å². The Labute approximate surface area is 129 Å². The van der Waals surface area contributed by atoms with Crippen molar-refractivity contribution in [3.8, 4) is 11.5 Å². The molecule has 0 heterocycles. The van der Waals surface area contributed by atoms with Gasteiger partial charge in [-0.25, -0.2) is 0 Å². The Morgan fingerprint density at radius 1 is 0.952 bits per heavy atom. The molecular weight excluding hydrogens is 288 g/mol. The van der Waals surface area contributed by atoms with Gasteiger partial charge >= 0.3 is 0 Å². The summed E-state index contributed by atoms with van der Waals surface area (Å²) < 4.78 is 10.5. The molecule has 0 N–H and O–H groups in total. The number of benzene rings is 2. The molecule has 0 fully saturated rings. The zero-order chi connectivity index (χ0) is 15.6. The summed E-state index contributed by atoms with van der Waals surface area (Å²) in [6, 6.07) is 8.91. The van der Waals surface area contributed by atoms with Crippen LogP contribution in [0.1, 0.15) is 27.0 Å². The number of hydrogen-bond acceptors (Lipinski definition) is 3. The van der Waals surface area contributed by atoms with Crippen LogP contribution in [0.5, 0.6) is 11.5 Å². The van der Waals surface area contributed by atoms with Crippen LogP contribution in [-0.4, -0.2) is 20.0 Å². The van der Waals surface area contributed by atoms with Crippen LogP contribution in [0.15, 0.2) is 30.3 Å². The fourth-order valence-corrected chi connectivity index (χ4v) is 2.40. The zero-order valence-electron chi connectivity index (χ0n) is 12.5. The summed E-state index contributed by atoms with van der Waals surface area (Å²) in [6.45, 7) is 3.74. The number of carbonyl (C=O) groups excluding carboxylic acids is 1. The summed E-state index contributed by atoms with van der Waals surface area (Å²) >= 11 is 6.25. The molecule has 4 heteroatoms. The van der Waals surface area contributed by atoms with E-state index in [2.05, 4.69) is 0 Å². The lowest BCUT2D eigenvalue weighted by atomic mass is 9.97. The van der Waals surface area contributed by atoms with Gasteiger partial charge in [-0.2, -0.15) is 0 Å². The Bertz CT molecular complexity index is 693. The number of hydrogen-bond donors (Lipinski definition) is 0. The first kappa shape index (κ1) is 15.4. The minimum atomic E-state index is -0.123. The van der Waals surface area contributed by atoms with Crippen LogP contribution in [0.25, 0.3) is 0 Å². The van der Waals surface area contributed by atoms with Crippen LogP contribution >= 0.6 is 11.6 Å². The molecule has 0 radical (unpaired) electrons. The maximum Gasteiger partial charge on any atom is 0.194 e. The quantitative estimate of drug-likeness (QED) is 0.794. The van der Waals surface area contributed by atoms with Crippen molar-refractivity contribution in [2.75, 3.05) is 14.2 Å². The van der Waals surface area contributed by atoms with Crippen molar-refractivity contribution in [1.29, 1.82) is 0 Å². The molecular formula is C17H17ClO3. The van der Waals surface area contributed by atoms with E-state index in [4.69, 9.17) is 21.1 Å². The smallest absolute Gasteiger partial charge is 0.194 e. The van der Waals surface area contributed by atoms with Crippen LogP contribution in [0.3, 0.4) is 0 Å². The molecule has 0 aliphatic carbocycles. The molecule has 2 aromatic carbocycles. The summed E-state index contributed by atoms with van der Waals surface area (Å²) in [5, 5.41) is 0.483. The molecule has 0 aliphatic heterocycles. The second-order valence-electron chi connectivity index (χ2n) is 4.79. The standard InChI is InChI=1S/C17H17ClO3/c1-10-6-5-7-12(16(10)18)17(19)13-9-15(21-4)14(20-3)8-11(13)2/h5-9H,1-4H3. The fraction of sp³-hybridized carbons (Fsp3) is 0.235. The van der Waals surface area contributed by atoms with E-state index in [0.29, 0.717) is 27.6 Å². The molecule has 0 saturated carbocycles. The lowest BCUT2D eigenvalue weighted by Crippen LogP contribution is -2.06. The molecule has 2 aromatic rings. The van der Waals surface area contributed by atoms with Crippen molar-refractivity contribution in [3.05, 3.63) is 57.6 Å². The highest BCUT2D eigenvalue weighted by atomic mass is 35.5. The van der Waals surface area contributed by atoms with Gasteiger partial charge in [0.15, 0.2) is 17.3 Å². The lowest BCUT2D eigenvalue weighted by Gasteiger charge is -2.13. The van der Waals surface area contributed by atoms with Crippen molar-refractivity contribution in [1.82, 2.24) is 0 Å². The molecule has 2 rings (SSSR count). The Morgan fingerprint density at radius 2 is 1.57 bits per heavy atom. The highest BCUT2D eigenvalue weighted by molar-refractivity contribution is 6.35. The number of carbonyl (C=O) groups is 1. The molecule has 0 saturated heterocycles. The molecule has 0 bridgehead atoms. The predicted molar refractivity (Wildman–Crippen MR) is 83.9 cm³/mol. The van der Waals surface area contributed by atoms with Gasteiger partial charge in [0.05, 0.1) is 19.2 Å². The van der Waals surface area contributed by atoms with Gasteiger partial charge in [-0.15, -0.1) is 0 Å². The first-order valence-corrected chi connectivity index (χ1v) is 6.89. The first-order chi connectivity index (χ1) is 9.99. The van der Waals surface area contributed by atoms with E-state index in [-0.39, 0.29) is 5.78 Å². The maximum atomic E-state index is 12.7. The van der Waals surface area contributed by atoms with Crippen molar-refractivity contribution in [2.45, 2.75) is 13.8 Å². The molecule has 110 valence electrons. The normalized spacial score (nSPS) is 10.3. The first-order valence-electron chi connectivity index (χ1n) is 6.52.